The number of amides is 2. The van der Waals surface area contributed by atoms with E-state index in [9.17, 15) is 9.59 Å². The highest BCUT2D eigenvalue weighted by Gasteiger charge is 2.24. The third-order valence-electron chi connectivity index (χ3n) is 4.27. The molecule has 0 radical (unpaired) electrons. The molecule has 0 bridgehead atoms. The summed E-state index contributed by atoms with van der Waals surface area (Å²) in [6.07, 6.45) is 6.64. The van der Waals surface area contributed by atoms with Gasteiger partial charge in [-0.25, -0.2) is 0 Å². The summed E-state index contributed by atoms with van der Waals surface area (Å²) < 4.78 is 5.23. The van der Waals surface area contributed by atoms with Crippen LogP contribution >= 0.6 is 0 Å². The van der Waals surface area contributed by atoms with E-state index in [4.69, 9.17) is 4.74 Å². The molecule has 1 saturated carbocycles. The fraction of sp³-hybridized carbons (Fsp3) is 0.867. The first-order valence-electron chi connectivity index (χ1n) is 7.82. The zero-order valence-electron chi connectivity index (χ0n) is 12.4. The molecular weight excluding hydrogens is 256 g/mol. The Balaban J connectivity index is 1.73. The first-order valence-corrected chi connectivity index (χ1v) is 7.82. The van der Waals surface area contributed by atoms with Gasteiger partial charge in [0.1, 0.15) is 6.04 Å². The number of hydrogen-bond donors (Lipinski definition) is 1. The molecule has 0 aromatic heterocycles. The van der Waals surface area contributed by atoms with E-state index >= 15 is 0 Å². The monoisotopic (exact) mass is 282 g/mol. The summed E-state index contributed by atoms with van der Waals surface area (Å²) >= 11 is 0. The minimum absolute atomic E-state index is 0.00490. The van der Waals surface area contributed by atoms with Crippen molar-refractivity contribution in [3.8, 4) is 0 Å². The third-order valence-corrected chi connectivity index (χ3v) is 4.27. The topological polar surface area (TPSA) is 58.6 Å². The summed E-state index contributed by atoms with van der Waals surface area (Å²) in [5.41, 5.74) is 0. The van der Waals surface area contributed by atoms with Crippen molar-refractivity contribution in [2.75, 3.05) is 26.3 Å². The van der Waals surface area contributed by atoms with Crippen LogP contribution in [0.2, 0.25) is 0 Å². The molecule has 0 aromatic rings. The van der Waals surface area contributed by atoms with Crippen molar-refractivity contribution in [1.29, 1.82) is 0 Å². The molecule has 1 N–H and O–H groups in total. The zero-order valence-corrected chi connectivity index (χ0v) is 12.4. The van der Waals surface area contributed by atoms with Crippen LogP contribution < -0.4 is 5.32 Å². The second kappa shape index (κ2) is 7.62. The van der Waals surface area contributed by atoms with E-state index in [1.807, 2.05) is 0 Å². The lowest BCUT2D eigenvalue weighted by atomic mass is 9.87. The summed E-state index contributed by atoms with van der Waals surface area (Å²) in [6.45, 7) is 4.21. The van der Waals surface area contributed by atoms with E-state index in [2.05, 4.69) is 5.32 Å². The molecule has 2 aliphatic rings. The smallest absolute Gasteiger partial charge is 0.245 e. The molecule has 1 saturated heterocycles. The molecule has 114 valence electrons. The molecule has 2 rings (SSSR count). The first-order chi connectivity index (χ1) is 9.66. The van der Waals surface area contributed by atoms with Crippen LogP contribution in [0.25, 0.3) is 0 Å². The summed E-state index contributed by atoms with van der Waals surface area (Å²) in [5.74, 6) is 0.533. The van der Waals surface area contributed by atoms with Crippen molar-refractivity contribution >= 4 is 11.8 Å². The predicted molar refractivity (Wildman–Crippen MR) is 76.2 cm³/mol. The van der Waals surface area contributed by atoms with Crippen molar-refractivity contribution in [2.24, 2.45) is 5.92 Å². The quantitative estimate of drug-likeness (QED) is 0.846. The number of carbonyl (C=O) groups is 2. The fourth-order valence-electron chi connectivity index (χ4n) is 3.07. The maximum Gasteiger partial charge on any atom is 0.245 e. The van der Waals surface area contributed by atoms with E-state index in [1.54, 1.807) is 11.8 Å². The summed E-state index contributed by atoms with van der Waals surface area (Å²) in [5, 5.41) is 2.85. The number of ether oxygens (including phenoxy) is 1. The SMILES string of the molecule is CC(NC(=O)CC1CCCCC1)C(=O)N1CCOCC1. The van der Waals surface area contributed by atoms with Crippen LogP contribution in [-0.2, 0) is 14.3 Å². The Bertz CT molecular complexity index is 334. The van der Waals surface area contributed by atoms with Crippen molar-refractivity contribution in [2.45, 2.75) is 51.5 Å². The molecule has 1 aliphatic carbocycles. The molecule has 1 unspecified atom stereocenters. The minimum Gasteiger partial charge on any atom is -0.378 e. The Morgan fingerprint density at radius 2 is 1.85 bits per heavy atom. The van der Waals surface area contributed by atoms with Gasteiger partial charge >= 0.3 is 0 Å². The van der Waals surface area contributed by atoms with Gasteiger partial charge in [0, 0.05) is 19.5 Å². The molecule has 2 fully saturated rings. The first kappa shape index (κ1) is 15.3. The molecule has 5 heteroatoms. The molecule has 0 spiro atoms. The summed E-state index contributed by atoms with van der Waals surface area (Å²) in [7, 11) is 0. The van der Waals surface area contributed by atoms with E-state index in [-0.39, 0.29) is 11.8 Å². The Hall–Kier alpha value is -1.10. The number of nitrogens with one attached hydrogen (secondary N) is 1. The van der Waals surface area contributed by atoms with Crippen LogP contribution in [-0.4, -0.2) is 49.1 Å². The van der Waals surface area contributed by atoms with Gasteiger partial charge in [0.25, 0.3) is 0 Å². The van der Waals surface area contributed by atoms with Crippen molar-refractivity contribution in [1.82, 2.24) is 10.2 Å². The number of morpholine rings is 1. The van der Waals surface area contributed by atoms with E-state index < -0.39 is 6.04 Å². The van der Waals surface area contributed by atoms with Gasteiger partial charge < -0.3 is 15.0 Å². The third kappa shape index (κ3) is 4.47. The maximum atomic E-state index is 12.2. The molecule has 0 aromatic carbocycles. The van der Waals surface area contributed by atoms with Gasteiger partial charge in [0.05, 0.1) is 13.2 Å². The van der Waals surface area contributed by atoms with Gasteiger partial charge in [-0.15, -0.1) is 0 Å². The Morgan fingerprint density at radius 1 is 1.20 bits per heavy atom. The lowest BCUT2D eigenvalue weighted by Gasteiger charge is -2.29. The second-order valence-electron chi connectivity index (χ2n) is 5.94. The predicted octanol–water partition coefficient (Wildman–Crippen LogP) is 1.32. The highest BCUT2D eigenvalue weighted by molar-refractivity contribution is 5.87. The van der Waals surface area contributed by atoms with Gasteiger partial charge in [0.15, 0.2) is 0 Å². The number of hydrogen-bond acceptors (Lipinski definition) is 3. The summed E-state index contributed by atoms with van der Waals surface area (Å²) in [4.78, 5) is 26.0. The standard InChI is InChI=1S/C15H26N2O3/c1-12(15(19)17-7-9-20-10-8-17)16-14(18)11-13-5-3-2-4-6-13/h12-13H,2-11H2,1H3,(H,16,18). The molecule has 1 aliphatic heterocycles. The van der Waals surface area contributed by atoms with E-state index in [0.29, 0.717) is 38.6 Å². The van der Waals surface area contributed by atoms with Crippen LogP contribution in [0.4, 0.5) is 0 Å². The highest BCUT2D eigenvalue weighted by Crippen LogP contribution is 2.26. The van der Waals surface area contributed by atoms with E-state index in [0.717, 1.165) is 12.8 Å². The Morgan fingerprint density at radius 3 is 2.50 bits per heavy atom. The minimum atomic E-state index is -0.427. The van der Waals surface area contributed by atoms with Crippen LogP contribution in [0.1, 0.15) is 45.4 Å². The van der Waals surface area contributed by atoms with Crippen molar-refractivity contribution in [3.05, 3.63) is 0 Å². The van der Waals surface area contributed by atoms with Crippen LogP contribution in [0.5, 0.6) is 0 Å². The van der Waals surface area contributed by atoms with Gasteiger partial charge in [-0.3, -0.25) is 9.59 Å². The van der Waals surface area contributed by atoms with Gasteiger partial charge in [-0.2, -0.15) is 0 Å². The van der Waals surface area contributed by atoms with Crippen LogP contribution in [0, 0.1) is 5.92 Å². The molecule has 1 atom stereocenters. The Labute approximate surface area is 121 Å². The Kier molecular flexibility index (Phi) is 5.83. The number of nitrogens with zero attached hydrogens (tertiary/aromatic N) is 1. The van der Waals surface area contributed by atoms with E-state index in [1.165, 1.54) is 19.3 Å². The largest absolute Gasteiger partial charge is 0.378 e. The van der Waals surface area contributed by atoms with Crippen molar-refractivity contribution in [3.63, 3.8) is 0 Å². The number of rotatable bonds is 4. The second-order valence-corrected chi connectivity index (χ2v) is 5.94. The normalized spacial score (nSPS) is 22.4. The lowest BCUT2D eigenvalue weighted by Crippen LogP contribution is -2.50. The van der Waals surface area contributed by atoms with Crippen LogP contribution in [0.3, 0.4) is 0 Å². The van der Waals surface area contributed by atoms with Crippen molar-refractivity contribution < 1.29 is 14.3 Å². The lowest BCUT2D eigenvalue weighted by molar-refractivity contribution is -0.139. The van der Waals surface area contributed by atoms with Crippen LogP contribution in [0.15, 0.2) is 0 Å². The highest BCUT2D eigenvalue weighted by atomic mass is 16.5. The molecule has 2 amide bonds. The average Bonchev–Trinajstić information content (AvgIpc) is 2.48. The van der Waals surface area contributed by atoms with Gasteiger partial charge in [-0.05, 0) is 25.7 Å². The summed E-state index contributed by atoms with van der Waals surface area (Å²) in [6, 6.07) is -0.427. The maximum absolute atomic E-state index is 12.2. The molecule has 5 nitrogen and oxygen atoms in total. The fourth-order valence-corrected chi connectivity index (χ4v) is 3.07. The number of carbonyl (C=O) groups excluding carboxylic acids is 2. The average molecular weight is 282 g/mol. The van der Waals surface area contributed by atoms with Gasteiger partial charge in [0.2, 0.25) is 11.8 Å². The molecule has 20 heavy (non-hydrogen) atoms. The molecular formula is C15H26N2O3. The molecule has 1 heterocycles. The van der Waals surface area contributed by atoms with Gasteiger partial charge in [-0.1, -0.05) is 19.3 Å². The zero-order chi connectivity index (χ0) is 14.4.